The van der Waals surface area contributed by atoms with Crippen molar-refractivity contribution in [2.75, 3.05) is 6.54 Å². The van der Waals surface area contributed by atoms with Crippen LogP contribution >= 0.6 is 0 Å². The third-order valence-electron chi connectivity index (χ3n) is 3.27. The molecule has 0 unspecified atom stereocenters. The van der Waals surface area contributed by atoms with Crippen molar-refractivity contribution in [2.24, 2.45) is 0 Å². The molecule has 0 aromatic heterocycles. The average Bonchev–Trinajstić information content (AvgIpc) is 2.18. The lowest BCUT2D eigenvalue weighted by Gasteiger charge is -2.41. The summed E-state index contributed by atoms with van der Waals surface area (Å²) in [6.07, 6.45) is 6.89. The van der Waals surface area contributed by atoms with E-state index >= 15 is 0 Å². The minimum atomic E-state index is -0.0700. The van der Waals surface area contributed by atoms with Crippen molar-refractivity contribution in [2.45, 2.75) is 57.6 Å². The molecule has 0 aromatic rings. The highest BCUT2D eigenvalue weighted by Crippen LogP contribution is 2.28. The smallest absolute Gasteiger partial charge is 0.410 e. The van der Waals surface area contributed by atoms with Crippen LogP contribution in [-0.4, -0.2) is 29.7 Å². The Morgan fingerprint density at radius 1 is 1.50 bits per heavy atom. The molecular weight excluding hydrogens is 178 g/mol. The van der Waals surface area contributed by atoms with Gasteiger partial charge < -0.3 is 9.64 Å². The molecule has 2 aliphatic heterocycles. The van der Waals surface area contributed by atoms with E-state index < -0.39 is 0 Å². The Hall–Kier alpha value is -0.730. The molecule has 0 N–H and O–H groups in total. The molecule has 14 heavy (non-hydrogen) atoms. The molecule has 0 saturated carbocycles. The molecule has 2 saturated heterocycles. The van der Waals surface area contributed by atoms with Crippen molar-refractivity contribution in [1.29, 1.82) is 0 Å². The summed E-state index contributed by atoms with van der Waals surface area (Å²) in [6.45, 7) is 3.05. The third-order valence-corrected chi connectivity index (χ3v) is 3.27. The summed E-state index contributed by atoms with van der Waals surface area (Å²) in [5.41, 5.74) is 0. The van der Waals surface area contributed by atoms with Crippen LogP contribution < -0.4 is 0 Å². The van der Waals surface area contributed by atoms with Crippen LogP contribution in [0.1, 0.15) is 45.4 Å². The van der Waals surface area contributed by atoms with E-state index in [4.69, 9.17) is 4.74 Å². The average molecular weight is 197 g/mol. The molecule has 2 aliphatic rings. The van der Waals surface area contributed by atoms with E-state index in [0.29, 0.717) is 6.04 Å². The Balaban J connectivity index is 1.97. The number of rotatable bonds is 2. The zero-order chi connectivity index (χ0) is 9.97. The Morgan fingerprint density at radius 3 is 3.14 bits per heavy atom. The second kappa shape index (κ2) is 4.20. The van der Waals surface area contributed by atoms with Crippen LogP contribution in [0.4, 0.5) is 4.79 Å². The maximum atomic E-state index is 11.6. The Labute approximate surface area is 85.4 Å². The van der Waals surface area contributed by atoms with Gasteiger partial charge in [0.25, 0.3) is 0 Å². The van der Waals surface area contributed by atoms with E-state index in [1.807, 2.05) is 4.90 Å². The molecule has 0 radical (unpaired) electrons. The zero-order valence-electron chi connectivity index (χ0n) is 8.87. The van der Waals surface area contributed by atoms with E-state index in [0.717, 1.165) is 32.2 Å². The molecular formula is C11H19NO2. The van der Waals surface area contributed by atoms with Crippen molar-refractivity contribution < 1.29 is 9.53 Å². The quantitative estimate of drug-likeness (QED) is 0.681. The van der Waals surface area contributed by atoms with Gasteiger partial charge in [0.2, 0.25) is 0 Å². The van der Waals surface area contributed by atoms with Crippen molar-refractivity contribution in [3.8, 4) is 0 Å². The maximum Gasteiger partial charge on any atom is 0.410 e. The van der Waals surface area contributed by atoms with E-state index in [1.54, 1.807) is 0 Å². The lowest BCUT2D eigenvalue weighted by Crippen LogP contribution is -2.51. The van der Waals surface area contributed by atoms with Crippen LogP contribution in [0.5, 0.6) is 0 Å². The number of piperidine rings is 1. The van der Waals surface area contributed by atoms with Crippen LogP contribution in [0.3, 0.4) is 0 Å². The number of cyclic esters (lactones) is 1. The highest BCUT2D eigenvalue weighted by molar-refractivity contribution is 5.69. The number of ether oxygens (including phenoxy) is 1. The van der Waals surface area contributed by atoms with Crippen LogP contribution in [0, 0.1) is 0 Å². The van der Waals surface area contributed by atoms with E-state index in [-0.39, 0.29) is 12.2 Å². The molecule has 2 heterocycles. The number of carbonyl (C=O) groups excluding carboxylic acids is 1. The molecule has 2 fully saturated rings. The third kappa shape index (κ3) is 1.86. The van der Waals surface area contributed by atoms with Gasteiger partial charge >= 0.3 is 6.09 Å². The summed E-state index contributed by atoms with van der Waals surface area (Å²) in [4.78, 5) is 13.5. The predicted octanol–water partition coefficient (Wildman–Crippen LogP) is 2.55. The predicted molar refractivity (Wildman–Crippen MR) is 54.1 cm³/mol. The van der Waals surface area contributed by atoms with Crippen molar-refractivity contribution in [3.63, 3.8) is 0 Å². The highest BCUT2D eigenvalue weighted by Gasteiger charge is 2.35. The zero-order valence-corrected chi connectivity index (χ0v) is 8.87. The topological polar surface area (TPSA) is 29.5 Å². The lowest BCUT2D eigenvalue weighted by molar-refractivity contribution is -0.0157. The first-order chi connectivity index (χ1) is 6.81. The van der Waals surface area contributed by atoms with Gasteiger partial charge in [-0.2, -0.15) is 0 Å². The second-order valence-corrected chi connectivity index (χ2v) is 4.37. The molecule has 1 amide bonds. The number of hydrogen-bond acceptors (Lipinski definition) is 2. The molecule has 0 bridgehead atoms. The fourth-order valence-electron chi connectivity index (χ4n) is 2.55. The van der Waals surface area contributed by atoms with Crippen molar-refractivity contribution >= 4 is 6.09 Å². The number of nitrogens with zero attached hydrogens (tertiary/aromatic N) is 1. The second-order valence-electron chi connectivity index (χ2n) is 4.37. The molecule has 3 heteroatoms. The summed E-state index contributed by atoms with van der Waals surface area (Å²) in [5.74, 6) is 0. The number of amides is 1. The number of fused-ring (bicyclic) bond motifs is 1. The molecule has 2 rings (SSSR count). The Morgan fingerprint density at radius 2 is 2.36 bits per heavy atom. The largest absolute Gasteiger partial charge is 0.446 e. The Bertz CT molecular complexity index is 217. The minimum absolute atomic E-state index is 0.0700. The van der Waals surface area contributed by atoms with Crippen LogP contribution in [-0.2, 0) is 4.74 Å². The summed E-state index contributed by atoms with van der Waals surface area (Å²) in [6, 6.07) is 0.474. The molecule has 0 spiro atoms. The Kier molecular flexibility index (Phi) is 2.94. The van der Waals surface area contributed by atoms with Gasteiger partial charge in [-0.1, -0.05) is 13.3 Å². The van der Waals surface area contributed by atoms with Crippen LogP contribution in [0.15, 0.2) is 0 Å². The van der Waals surface area contributed by atoms with E-state index in [9.17, 15) is 4.79 Å². The SMILES string of the molecule is CCC[C@H]1C[C@H]2CCCCN2C(=O)O1. The highest BCUT2D eigenvalue weighted by atomic mass is 16.6. The van der Waals surface area contributed by atoms with Gasteiger partial charge in [-0.15, -0.1) is 0 Å². The van der Waals surface area contributed by atoms with Crippen molar-refractivity contribution in [3.05, 3.63) is 0 Å². The van der Waals surface area contributed by atoms with E-state index in [1.165, 1.54) is 12.8 Å². The summed E-state index contributed by atoms with van der Waals surface area (Å²) in [5, 5.41) is 0. The first-order valence-electron chi connectivity index (χ1n) is 5.78. The fraction of sp³-hybridized carbons (Fsp3) is 0.909. The van der Waals surface area contributed by atoms with Crippen LogP contribution in [0.2, 0.25) is 0 Å². The maximum absolute atomic E-state index is 11.6. The van der Waals surface area contributed by atoms with E-state index in [2.05, 4.69) is 6.92 Å². The van der Waals surface area contributed by atoms with Gasteiger partial charge in [-0.05, 0) is 25.7 Å². The molecule has 0 aromatic carbocycles. The first-order valence-corrected chi connectivity index (χ1v) is 5.78. The minimum Gasteiger partial charge on any atom is -0.446 e. The number of hydrogen-bond donors (Lipinski definition) is 0. The van der Waals surface area contributed by atoms with Gasteiger partial charge in [0.15, 0.2) is 0 Å². The lowest BCUT2D eigenvalue weighted by atomic mass is 9.94. The first kappa shape index (κ1) is 9.81. The fourth-order valence-corrected chi connectivity index (χ4v) is 2.55. The molecule has 2 atom stereocenters. The normalized spacial score (nSPS) is 32.4. The van der Waals surface area contributed by atoms with Crippen molar-refractivity contribution in [1.82, 2.24) is 4.90 Å². The molecule has 80 valence electrons. The summed E-state index contributed by atoms with van der Waals surface area (Å²) >= 11 is 0. The van der Waals surface area contributed by atoms with Gasteiger partial charge in [0.05, 0.1) is 0 Å². The molecule has 0 aliphatic carbocycles. The number of carbonyl (C=O) groups is 1. The summed E-state index contributed by atoms with van der Waals surface area (Å²) < 4.78 is 5.38. The standard InChI is InChI=1S/C11H19NO2/c1-2-5-10-8-9-6-3-4-7-12(9)11(13)14-10/h9-10H,2-8H2,1H3/t9-,10+/m1/s1. The van der Waals surface area contributed by atoms with Gasteiger partial charge in [-0.3, -0.25) is 0 Å². The molecule has 3 nitrogen and oxygen atoms in total. The van der Waals surface area contributed by atoms with Crippen LogP contribution in [0.25, 0.3) is 0 Å². The monoisotopic (exact) mass is 197 g/mol. The van der Waals surface area contributed by atoms with Gasteiger partial charge in [0, 0.05) is 19.0 Å². The van der Waals surface area contributed by atoms with Gasteiger partial charge in [-0.25, -0.2) is 4.79 Å². The summed E-state index contributed by atoms with van der Waals surface area (Å²) in [7, 11) is 0. The van der Waals surface area contributed by atoms with Gasteiger partial charge in [0.1, 0.15) is 6.10 Å².